The van der Waals surface area contributed by atoms with Crippen LogP contribution >= 0.6 is 0 Å². The van der Waals surface area contributed by atoms with Crippen molar-refractivity contribution in [3.8, 4) is 5.75 Å². The fourth-order valence-corrected chi connectivity index (χ4v) is 4.81. The van der Waals surface area contributed by atoms with Crippen molar-refractivity contribution in [1.82, 2.24) is 4.90 Å². The summed E-state index contributed by atoms with van der Waals surface area (Å²) in [6, 6.07) is 12.0. The molecule has 1 heterocycles. The van der Waals surface area contributed by atoms with Gasteiger partial charge in [0.1, 0.15) is 12.4 Å². The zero-order chi connectivity index (χ0) is 24.5. The molecule has 0 saturated heterocycles. The monoisotopic (exact) mass is 468 g/mol. The Hall–Kier alpha value is -3.60. The highest BCUT2D eigenvalue weighted by molar-refractivity contribution is 6.01. The van der Waals surface area contributed by atoms with Crippen LogP contribution in [0.2, 0.25) is 0 Å². The lowest BCUT2D eigenvalue weighted by Gasteiger charge is -2.27. The Labute approximate surface area is 207 Å². The van der Waals surface area contributed by atoms with Crippen LogP contribution in [0.5, 0.6) is 5.75 Å². The third-order valence-corrected chi connectivity index (χ3v) is 7.32. The maximum atomic E-state index is 13.2. The molecule has 180 valence electrons. The van der Waals surface area contributed by atoms with E-state index in [9.17, 15) is 9.59 Å². The van der Waals surface area contributed by atoms with Crippen molar-refractivity contribution in [2.75, 3.05) is 19.0 Å². The van der Waals surface area contributed by atoms with Gasteiger partial charge in [0.05, 0.1) is 5.92 Å². The quantitative estimate of drug-likeness (QED) is 0.590. The van der Waals surface area contributed by atoms with Gasteiger partial charge < -0.3 is 15.0 Å². The Morgan fingerprint density at radius 1 is 1.11 bits per heavy atom. The van der Waals surface area contributed by atoms with Crippen molar-refractivity contribution < 1.29 is 14.3 Å². The third kappa shape index (κ3) is 4.95. The topological polar surface area (TPSA) is 58.6 Å². The molecule has 2 aromatic carbocycles. The van der Waals surface area contributed by atoms with Gasteiger partial charge in [-0.25, -0.2) is 0 Å². The van der Waals surface area contributed by atoms with Crippen LogP contribution in [0, 0.1) is 6.92 Å². The zero-order valence-electron chi connectivity index (χ0n) is 20.6. The molecule has 2 amide bonds. The Kier molecular flexibility index (Phi) is 6.33. The van der Waals surface area contributed by atoms with E-state index in [2.05, 4.69) is 36.5 Å². The van der Waals surface area contributed by atoms with E-state index in [1.807, 2.05) is 55.3 Å². The molecule has 35 heavy (non-hydrogen) atoms. The summed E-state index contributed by atoms with van der Waals surface area (Å²) in [5.41, 5.74) is 6.93. The number of benzene rings is 2. The first-order chi connectivity index (χ1) is 16.9. The lowest BCUT2D eigenvalue weighted by Crippen LogP contribution is -2.31. The number of rotatable bonds is 6. The molecule has 5 rings (SSSR count). The number of anilines is 1. The van der Waals surface area contributed by atoms with Crippen LogP contribution in [0.3, 0.4) is 0 Å². The van der Waals surface area contributed by atoms with Crippen LogP contribution in [0.25, 0.3) is 0 Å². The SMILES string of the molecule is CC1=C(COc2ccc(C)c(C3Cc4ccc(C(=O)N(C)C5CC5)cc4NC3=O)c2)CC=CC=C1. The average Bonchev–Trinajstić information content (AvgIpc) is 3.71. The van der Waals surface area contributed by atoms with Gasteiger partial charge in [-0.1, -0.05) is 36.4 Å². The number of carbonyl (C=O) groups is 2. The highest BCUT2D eigenvalue weighted by Crippen LogP contribution is 2.36. The van der Waals surface area contributed by atoms with Gasteiger partial charge in [0.2, 0.25) is 5.91 Å². The lowest BCUT2D eigenvalue weighted by atomic mass is 9.85. The average molecular weight is 469 g/mol. The Morgan fingerprint density at radius 2 is 1.94 bits per heavy atom. The van der Waals surface area contributed by atoms with Gasteiger partial charge >= 0.3 is 0 Å². The number of aryl methyl sites for hydroxylation is 1. The zero-order valence-corrected chi connectivity index (χ0v) is 20.6. The van der Waals surface area contributed by atoms with Gasteiger partial charge in [-0.15, -0.1) is 0 Å². The number of amides is 2. The van der Waals surface area contributed by atoms with Crippen LogP contribution in [-0.4, -0.2) is 36.4 Å². The van der Waals surface area contributed by atoms with Crippen molar-refractivity contribution in [3.05, 3.63) is 94.1 Å². The number of nitrogens with zero attached hydrogens (tertiary/aromatic N) is 1. The molecular formula is C30H32N2O3. The first-order valence-electron chi connectivity index (χ1n) is 12.4. The molecule has 0 radical (unpaired) electrons. The number of allylic oxidation sites excluding steroid dienone is 5. The smallest absolute Gasteiger partial charge is 0.253 e. The summed E-state index contributed by atoms with van der Waals surface area (Å²) in [4.78, 5) is 27.7. The number of hydrogen-bond donors (Lipinski definition) is 1. The molecule has 2 aliphatic carbocycles. The highest BCUT2D eigenvalue weighted by atomic mass is 16.5. The molecule has 0 aromatic heterocycles. The molecule has 3 aliphatic rings. The van der Waals surface area contributed by atoms with E-state index < -0.39 is 0 Å². The summed E-state index contributed by atoms with van der Waals surface area (Å²) in [5.74, 6) is 0.435. The van der Waals surface area contributed by atoms with Gasteiger partial charge in [-0.2, -0.15) is 0 Å². The lowest BCUT2D eigenvalue weighted by molar-refractivity contribution is -0.117. The summed E-state index contributed by atoms with van der Waals surface area (Å²) in [7, 11) is 1.85. The van der Waals surface area contributed by atoms with Crippen LogP contribution in [0.1, 0.15) is 59.2 Å². The number of carbonyl (C=O) groups excluding carboxylic acids is 2. The Morgan fingerprint density at radius 3 is 2.74 bits per heavy atom. The Bertz CT molecular complexity index is 1270. The summed E-state index contributed by atoms with van der Waals surface area (Å²) in [5, 5.41) is 3.06. The summed E-state index contributed by atoms with van der Waals surface area (Å²) >= 11 is 0. The van der Waals surface area contributed by atoms with Crippen molar-refractivity contribution in [2.24, 2.45) is 0 Å². The standard InChI is InChI=1S/C30H32N2O3/c1-19-7-5-4-6-8-23(19)18-35-25-14-9-20(2)26(17-25)27-15-21-10-11-22(16-28(21)31-29(27)33)30(34)32(3)24-12-13-24/h4-7,9-11,14,16-17,24,27H,8,12-13,15,18H2,1-3H3,(H,31,33). The van der Waals surface area contributed by atoms with Crippen molar-refractivity contribution >= 4 is 17.5 Å². The van der Waals surface area contributed by atoms with E-state index in [0.29, 0.717) is 24.6 Å². The molecule has 0 bridgehead atoms. The molecule has 2 aromatic rings. The molecule has 1 aliphatic heterocycles. The van der Waals surface area contributed by atoms with E-state index >= 15 is 0 Å². The van der Waals surface area contributed by atoms with E-state index in [1.54, 1.807) is 0 Å². The second kappa shape index (κ2) is 9.57. The predicted octanol–water partition coefficient (Wildman–Crippen LogP) is 5.72. The largest absolute Gasteiger partial charge is 0.489 e. The predicted molar refractivity (Wildman–Crippen MR) is 139 cm³/mol. The summed E-state index contributed by atoms with van der Waals surface area (Å²) in [6.45, 7) is 4.66. The van der Waals surface area contributed by atoms with Gasteiger partial charge in [0.15, 0.2) is 0 Å². The molecule has 1 fully saturated rings. The van der Waals surface area contributed by atoms with Crippen LogP contribution in [0.15, 0.2) is 71.8 Å². The number of nitrogens with one attached hydrogen (secondary N) is 1. The molecule has 5 nitrogen and oxygen atoms in total. The number of ether oxygens (including phenoxy) is 1. The molecular weight excluding hydrogens is 436 g/mol. The van der Waals surface area contributed by atoms with Crippen LogP contribution < -0.4 is 10.1 Å². The van der Waals surface area contributed by atoms with Gasteiger partial charge in [-0.05, 0) is 91.6 Å². The second-order valence-electron chi connectivity index (χ2n) is 9.85. The first-order valence-corrected chi connectivity index (χ1v) is 12.4. The van der Waals surface area contributed by atoms with Crippen LogP contribution in [-0.2, 0) is 11.2 Å². The van der Waals surface area contributed by atoms with E-state index in [-0.39, 0.29) is 17.7 Å². The van der Waals surface area contributed by atoms with Gasteiger partial charge in [0, 0.05) is 24.3 Å². The normalized spacial score (nSPS) is 19.2. The minimum atomic E-state index is -0.300. The third-order valence-electron chi connectivity index (χ3n) is 7.32. The molecule has 1 saturated carbocycles. The Balaban J connectivity index is 1.33. The summed E-state index contributed by atoms with van der Waals surface area (Å²) in [6.07, 6.45) is 12.0. The minimum absolute atomic E-state index is 0.0115. The maximum absolute atomic E-state index is 13.2. The molecule has 1 unspecified atom stereocenters. The number of fused-ring (bicyclic) bond motifs is 1. The first kappa shape index (κ1) is 23.2. The van der Waals surface area contributed by atoms with E-state index in [1.165, 1.54) is 11.1 Å². The fourth-order valence-electron chi connectivity index (χ4n) is 4.81. The number of hydrogen-bond acceptors (Lipinski definition) is 3. The maximum Gasteiger partial charge on any atom is 0.253 e. The van der Waals surface area contributed by atoms with Gasteiger partial charge in [-0.3, -0.25) is 9.59 Å². The summed E-state index contributed by atoms with van der Waals surface area (Å²) < 4.78 is 6.15. The van der Waals surface area contributed by atoms with Crippen molar-refractivity contribution in [2.45, 2.75) is 51.5 Å². The van der Waals surface area contributed by atoms with Crippen molar-refractivity contribution in [3.63, 3.8) is 0 Å². The highest BCUT2D eigenvalue weighted by Gasteiger charge is 2.32. The van der Waals surface area contributed by atoms with E-state index in [4.69, 9.17) is 4.74 Å². The molecule has 5 heteroatoms. The second-order valence-corrected chi connectivity index (χ2v) is 9.85. The van der Waals surface area contributed by atoms with Gasteiger partial charge in [0.25, 0.3) is 5.91 Å². The fraction of sp³-hybridized carbons (Fsp3) is 0.333. The molecule has 1 N–H and O–H groups in total. The molecule has 0 spiro atoms. The molecule has 1 atom stereocenters. The minimum Gasteiger partial charge on any atom is -0.489 e. The van der Waals surface area contributed by atoms with Crippen LogP contribution in [0.4, 0.5) is 5.69 Å². The van der Waals surface area contributed by atoms with Crippen molar-refractivity contribution in [1.29, 1.82) is 0 Å². The van der Waals surface area contributed by atoms with E-state index in [0.717, 1.165) is 47.4 Å².